The van der Waals surface area contributed by atoms with E-state index in [-0.39, 0.29) is 0 Å². The number of fused-ring (bicyclic) bond motifs is 2. The van der Waals surface area contributed by atoms with Crippen molar-refractivity contribution in [2.45, 2.75) is 48.2 Å². The second-order valence-electron chi connectivity index (χ2n) is 6.93. The van der Waals surface area contributed by atoms with Gasteiger partial charge in [-0.25, -0.2) is 0 Å². The Balaban J connectivity index is 1.64. The molecule has 3 nitrogen and oxygen atoms in total. The normalized spacial score (nSPS) is 31.3. The highest BCUT2D eigenvalue weighted by Crippen LogP contribution is 2.49. The zero-order chi connectivity index (χ0) is 15.6. The third-order valence-electron chi connectivity index (χ3n) is 4.77. The second-order valence-corrected chi connectivity index (χ2v) is 8.53. The maximum atomic E-state index is 11.1. The van der Waals surface area contributed by atoms with Gasteiger partial charge in [-0.1, -0.05) is 18.6 Å². The van der Waals surface area contributed by atoms with Crippen LogP contribution in [0.25, 0.3) is 0 Å². The summed E-state index contributed by atoms with van der Waals surface area (Å²) in [6.07, 6.45) is 5.64. The molecule has 1 aromatic rings. The molecule has 22 heavy (non-hydrogen) atoms. The number of thioether (sulfide) groups is 1. The fourth-order valence-electron chi connectivity index (χ4n) is 3.56. The van der Waals surface area contributed by atoms with Gasteiger partial charge in [0.1, 0.15) is 12.4 Å². The van der Waals surface area contributed by atoms with E-state index in [0.717, 1.165) is 30.7 Å². The van der Waals surface area contributed by atoms with Crippen LogP contribution in [0.3, 0.4) is 0 Å². The van der Waals surface area contributed by atoms with Gasteiger partial charge in [-0.2, -0.15) is 11.8 Å². The average molecular weight is 321 g/mol. The maximum absolute atomic E-state index is 11.1. The topological polar surface area (TPSA) is 32.7 Å². The van der Waals surface area contributed by atoms with Crippen LogP contribution in [0.2, 0.25) is 0 Å². The minimum atomic E-state index is -0.636. The van der Waals surface area contributed by atoms with E-state index in [9.17, 15) is 5.11 Å². The van der Waals surface area contributed by atoms with Crippen molar-refractivity contribution in [3.8, 4) is 5.75 Å². The van der Waals surface area contributed by atoms with Crippen molar-refractivity contribution in [1.82, 2.24) is 4.90 Å². The summed E-state index contributed by atoms with van der Waals surface area (Å²) >= 11 is 2.10. The van der Waals surface area contributed by atoms with Crippen LogP contribution >= 0.6 is 11.8 Å². The van der Waals surface area contributed by atoms with Crippen molar-refractivity contribution in [1.29, 1.82) is 0 Å². The van der Waals surface area contributed by atoms with Crippen LogP contribution in [0, 0.1) is 0 Å². The lowest BCUT2D eigenvalue weighted by Gasteiger charge is -2.44. The van der Waals surface area contributed by atoms with Gasteiger partial charge in [0.15, 0.2) is 0 Å². The molecule has 1 aromatic carbocycles. The fourth-order valence-corrected chi connectivity index (χ4v) is 5.46. The third-order valence-corrected chi connectivity index (χ3v) is 6.34. The first-order chi connectivity index (χ1) is 10.5. The second kappa shape index (κ2) is 6.81. The third kappa shape index (κ3) is 3.79. The maximum Gasteiger partial charge on any atom is 0.119 e. The molecule has 2 heterocycles. The Kier molecular flexibility index (Phi) is 5.00. The Bertz CT molecular complexity index is 476. The Morgan fingerprint density at radius 3 is 2.41 bits per heavy atom. The summed E-state index contributed by atoms with van der Waals surface area (Å²) in [5, 5.41) is 12.4. The van der Waals surface area contributed by atoms with E-state index in [1.54, 1.807) is 0 Å². The van der Waals surface area contributed by atoms with E-state index in [2.05, 4.69) is 28.8 Å². The molecule has 1 N–H and O–H groups in total. The predicted octanol–water partition coefficient (Wildman–Crippen LogP) is 3.26. The molecule has 0 saturated carbocycles. The van der Waals surface area contributed by atoms with E-state index in [4.69, 9.17) is 4.74 Å². The van der Waals surface area contributed by atoms with Crippen LogP contribution in [-0.4, -0.2) is 47.8 Å². The first-order valence-electron chi connectivity index (χ1n) is 8.31. The highest BCUT2D eigenvalue weighted by Gasteiger charge is 2.42. The summed E-state index contributed by atoms with van der Waals surface area (Å²) in [5.41, 5.74) is 0.424. The lowest BCUT2D eigenvalue weighted by molar-refractivity contribution is 0.00809. The summed E-state index contributed by atoms with van der Waals surface area (Å²) < 4.78 is 5.74. The molecule has 122 valence electrons. The van der Waals surface area contributed by atoms with Crippen molar-refractivity contribution in [3.63, 3.8) is 0 Å². The summed E-state index contributed by atoms with van der Waals surface area (Å²) in [6.45, 7) is 1.60. The number of ether oxygens (including phenoxy) is 1. The number of rotatable bonds is 5. The number of benzene rings is 1. The van der Waals surface area contributed by atoms with Gasteiger partial charge < -0.3 is 14.7 Å². The van der Waals surface area contributed by atoms with Crippen LogP contribution in [0.5, 0.6) is 5.75 Å². The summed E-state index contributed by atoms with van der Waals surface area (Å²) in [5.74, 6) is 0.888. The minimum absolute atomic E-state index is 0.633. The molecule has 0 amide bonds. The quantitative estimate of drug-likeness (QED) is 0.902. The molecule has 0 aliphatic carbocycles. The highest BCUT2D eigenvalue weighted by atomic mass is 32.2. The van der Waals surface area contributed by atoms with Gasteiger partial charge in [0.05, 0.1) is 5.60 Å². The number of aliphatic hydroxyl groups is 1. The number of likely N-dealkylation sites (N-methyl/N-ethyl adjacent to an activating group) is 1. The molecular weight excluding hydrogens is 294 g/mol. The SMILES string of the molecule is CN(C)CCOc1ccc(C2(O)CC3CCCC(C2)S3)cc1. The largest absolute Gasteiger partial charge is 0.492 e. The molecule has 2 atom stereocenters. The van der Waals surface area contributed by atoms with Crippen LogP contribution in [-0.2, 0) is 5.60 Å². The van der Waals surface area contributed by atoms with Crippen LogP contribution in [0.15, 0.2) is 24.3 Å². The predicted molar refractivity (Wildman–Crippen MR) is 92.6 cm³/mol. The van der Waals surface area contributed by atoms with Gasteiger partial charge in [-0.3, -0.25) is 0 Å². The zero-order valence-electron chi connectivity index (χ0n) is 13.6. The Morgan fingerprint density at radius 1 is 1.18 bits per heavy atom. The molecule has 3 rings (SSSR count). The number of hydrogen-bond donors (Lipinski definition) is 1. The Labute approximate surface area is 138 Å². The summed E-state index contributed by atoms with van der Waals surface area (Å²) in [6, 6.07) is 8.11. The Hall–Kier alpha value is -0.710. The van der Waals surface area contributed by atoms with Crippen LogP contribution in [0.1, 0.15) is 37.7 Å². The van der Waals surface area contributed by atoms with E-state index >= 15 is 0 Å². The van der Waals surface area contributed by atoms with Gasteiger partial charge in [0.25, 0.3) is 0 Å². The highest BCUT2D eigenvalue weighted by molar-refractivity contribution is 8.00. The van der Waals surface area contributed by atoms with Gasteiger partial charge in [0, 0.05) is 17.0 Å². The molecule has 2 unspecified atom stereocenters. The first kappa shape index (κ1) is 16.2. The van der Waals surface area contributed by atoms with E-state index in [1.165, 1.54) is 19.3 Å². The molecular formula is C18H27NO2S. The molecule has 4 heteroatoms. The number of hydrogen-bond acceptors (Lipinski definition) is 4. The average Bonchev–Trinajstić information content (AvgIpc) is 2.47. The lowest BCUT2D eigenvalue weighted by atomic mass is 9.80. The van der Waals surface area contributed by atoms with Gasteiger partial charge in [-0.05, 0) is 57.5 Å². The standard InChI is InChI=1S/C18H27NO2S/c1-19(2)10-11-21-15-8-6-14(7-9-15)18(20)12-16-4-3-5-17(13-18)22-16/h6-9,16-17,20H,3-5,10-13H2,1-2H3. The van der Waals surface area contributed by atoms with Gasteiger partial charge in [0.2, 0.25) is 0 Å². The Morgan fingerprint density at radius 2 is 1.82 bits per heavy atom. The molecule has 0 spiro atoms. The zero-order valence-corrected chi connectivity index (χ0v) is 14.4. The molecule has 2 aliphatic heterocycles. The monoisotopic (exact) mass is 321 g/mol. The van der Waals surface area contributed by atoms with Crippen molar-refractivity contribution in [2.24, 2.45) is 0 Å². The van der Waals surface area contributed by atoms with Crippen LogP contribution in [0.4, 0.5) is 0 Å². The van der Waals surface area contributed by atoms with Crippen molar-refractivity contribution >= 4 is 11.8 Å². The van der Waals surface area contributed by atoms with Gasteiger partial charge >= 0.3 is 0 Å². The van der Waals surface area contributed by atoms with E-state index < -0.39 is 5.60 Å². The fraction of sp³-hybridized carbons (Fsp3) is 0.667. The lowest BCUT2D eigenvalue weighted by Crippen LogP contribution is -2.40. The summed E-state index contributed by atoms with van der Waals surface area (Å²) in [7, 11) is 4.08. The molecule has 2 aliphatic rings. The number of nitrogens with zero attached hydrogens (tertiary/aromatic N) is 1. The van der Waals surface area contributed by atoms with Crippen molar-refractivity contribution < 1.29 is 9.84 Å². The smallest absolute Gasteiger partial charge is 0.119 e. The molecule has 2 saturated heterocycles. The minimum Gasteiger partial charge on any atom is -0.492 e. The summed E-state index contributed by atoms with van der Waals surface area (Å²) in [4.78, 5) is 2.11. The molecule has 2 fully saturated rings. The van der Waals surface area contributed by atoms with Crippen molar-refractivity contribution in [2.75, 3.05) is 27.2 Å². The molecule has 0 aromatic heterocycles. The van der Waals surface area contributed by atoms with E-state index in [1.807, 2.05) is 26.2 Å². The first-order valence-corrected chi connectivity index (χ1v) is 9.25. The molecule has 2 bridgehead atoms. The van der Waals surface area contributed by atoms with Gasteiger partial charge in [-0.15, -0.1) is 0 Å². The van der Waals surface area contributed by atoms with E-state index in [0.29, 0.717) is 17.1 Å². The van der Waals surface area contributed by atoms with Crippen molar-refractivity contribution in [3.05, 3.63) is 29.8 Å². The van der Waals surface area contributed by atoms with Crippen LogP contribution < -0.4 is 4.74 Å². The molecule has 0 radical (unpaired) electrons.